The van der Waals surface area contributed by atoms with Gasteiger partial charge in [0.2, 0.25) is 3.23 Å². The number of rotatable bonds is 1. The standard InChI is InChI=1S/C9H5Br2FN2O3/c1-14-5-4(7(15)16)3(12)2-13-6(5)9(10,11)8(14)17/h2H,1H3,(H,15,16). The smallest absolute Gasteiger partial charge is 0.340 e. The second kappa shape index (κ2) is 3.74. The molecule has 2 rings (SSSR count). The molecule has 1 amide bonds. The minimum atomic E-state index is -1.45. The molecule has 1 aliphatic heterocycles. The zero-order valence-electron chi connectivity index (χ0n) is 8.37. The van der Waals surface area contributed by atoms with Gasteiger partial charge in [-0.15, -0.1) is 0 Å². The van der Waals surface area contributed by atoms with Crippen molar-refractivity contribution in [2.24, 2.45) is 0 Å². The Hall–Kier alpha value is -1.02. The summed E-state index contributed by atoms with van der Waals surface area (Å²) in [5.41, 5.74) is -0.480. The first kappa shape index (κ1) is 12.4. The van der Waals surface area contributed by atoms with Gasteiger partial charge >= 0.3 is 5.97 Å². The van der Waals surface area contributed by atoms with Crippen molar-refractivity contribution >= 4 is 49.4 Å². The predicted octanol–water partition coefficient (Wildman–Crippen LogP) is 1.84. The number of carbonyl (C=O) groups is 2. The lowest BCUT2D eigenvalue weighted by Crippen LogP contribution is -2.29. The molecule has 17 heavy (non-hydrogen) atoms. The summed E-state index contributed by atoms with van der Waals surface area (Å²) in [5, 5.41) is 8.97. The third-order valence-corrected chi connectivity index (χ3v) is 3.86. The van der Waals surface area contributed by atoms with Crippen molar-refractivity contribution in [2.75, 3.05) is 11.9 Å². The number of fused-ring (bicyclic) bond motifs is 1. The summed E-state index contributed by atoms with van der Waals surface area (Å²) in [4.78, 5) is 27.7. The number of aromatic carboxylic acids is 1. The molecule has 1 aliphatic rings. The van der Waals surface area contributed by atoms with Gasteiger partial charge in [0, 0.05) is 7.05 Å². The molecule has 0 fully saturated rings. The molecule has 0 atom stereocenters. The van der Waals surface area contributed by atoms with Gasteiger partial charge in [-0.25, -0.2) is 9.18 Å². The van der Waals surface area contributed by atoms with Gasteiger partial charge in [0.05, 0.1) is 11.9 Å². The maximum atomic E-state index is 13.4. The van der Waals surface area contributed by atoms with Crippen LogP contribution < -0.4 is 4.90 Å². The van der Waals surface area contributed by atoms with Gasteiger partial charge in [0.15, 0.2) is 5.82 Å². The van der Waals surface area contributed by atoms with E-state index in [0.717, 1.165) is 11.1 Å². The Morgan fingerprint density at radius 3 is 2.71 bits per heavy atom. The fourth-order valence-electron chi connectivity index (χ4n) is 1.65. The lowest BCUT2D eigenvalue weighted by molar-refractivity contribution is -0.117. The van der Waals surface area contributed by atoms with Crippen LogP contribution in [0.15, 0.2) is 6.20 Å². The van der Waals surface area contributed by atoms with E-state index in [-0.39, 0.29) is 11.4 Å². The van der Waals surface area contributed by atoms with Gasteiger partial charge < -0.3 is 10.0 Å². The van der Waals surface area contributed by atoms with Crippen molar-refractivity contribution in [1.29, 1.82) is 0 Å². The average molecular weight is 368 g/mol. The van der Waals surface area contributed by atoms with Gasteiger partial charge in [-0.3, -0.25) is 9.78 Å². The van der Waals surface area contributed by atoms with Crippen molar-refractivity contribution in [1.82, 2.24) is 4.98 Å². The fraction of sp³-hybridized carbons (Fsp3) is 0.222. The average Bonchev–Trinajstić information content (AvgIpc) is 2.40. The zero-order chi connectivity index (χ0) is 13.0. The monoisotopic (exact) mass is 366 g/mol. The minimum Gasteiger partial charge on any atom is -0.478 e. The molecule has 1 N–H and O–H groups in total. The first-order valence-corrected chi connectivity index (χ1v) is 5.95. The molecular weight excluding hydrogens is 363 g/mol. The molecule has 0 spiro atoms. The molecule has 90 valence electrons. The number of carboxylic acids is 1. The number of aromatic nitrogens is 1. The lowest BCUT2D eigenvalue weighted by atomic mass is 10.1. The van der Waals surface area contributed by atoms with Crippen molar-refractivity contribution in [3.8, 4) is 0 Å². The van der Waals surface area contributed by atoms with Crippen LogP contribution in [0.3, 0.4) is 0 Å². The van der Waals surface area contributed by atoms with E-state index >= 15 is 0 Å². The Morgan fingerprint density at radius 1 is 1.59 bits per heavy atom. The third-order valence-electron chi connectivity index (χ3n) is 2.43. The number of likely N-dealkylation sites (N-methyl/N-ethyl adjacent to an activating group) is 1. The Kier molecular flexibility index (Phi) is 2.74. The van der Waals surface area contributed by atoms with E-state index in [1.54, 1.807) is 0 Å². The van der Waals surface area contributed by atoms with E-state index in [0.29, 0.717) is 0 Å². The molecule has 5 nitrogen and oxygen atoms in total. The summed E-state index contributed by atoms with van der Waals surface area (Å²) in [7, 11) is 1.36. The van der Waals surface area contributed by atoms with Gasteiger partial charge in [-0.1, -0.05) is 31.9 Å². The Morgan fingerprint density at radius 2 is 2.18 bits per heavy atom. The molecule has 0 aliphatic carbocycles. The molecule has 8 heteroatoms. The van der Waals surface area contributed by atoms with Gasteiger partial charge in [-0.05, 0) is 0 Å². The SMILES string of the molecule is CN1C(=O)C(Br)(Br)c2ncc(F)c(C(=O)O)c21. The Labute approximate surface area is 112 Å². The summed E-state index contributed by atoms with van der Waals surface area (Å²) < 4.78 is 12.1. The summed E-state index contributed by atoms with van der Waals surface area (Å²) >= 11 is 6.20. The predicted molar refractivity (Wildman–Crippen MR) is 64.1 cm³/mol. The number of nitrogens with zero attached hydrogens (tertiary/aromatic N) is 2. The molecule has 0 saturated carbocycles. The first-order valence-electron chi connectivity index (χ1n) is 4.36. The highest BCUT2D eigenvalue weighted by Gasteiger charge is 2.50. The summed E-state index contributed by atoms with van der Waals surface area (Å²) in [6.45, 7) is 0. The summed E-state index contributed by atoms with van der Waals surface area (Å²) in [6, 6.07) is 0. The summed E-state index contributed by atoms with van der Waals surface area (Å²) in [6.07, 6.45) is 0.784. The zero-order valence-corrected chi connectivity index (χ0v) is 11.5. The number of hydrogen-bond donors (Lipinski definition) is 1. The van der Waals surface area contributed by atoms with Crippen LogP contribution in [0, 0.1) is 5.82 Å². The third kappa shape index (κ3) is 1.58. The number of hydrogen-bond acceptors (Lipinski definition) is 3. The van der Waals surface area contributed by atoms with Crippen molar-refractivity contribution in [2.45, 2.75) is 3.23 Å². The lowest BCUT2D eigenvalue weighted by Gasteiger charge is -2.12. The number of anilines is 1. The van der Waals surface area contributed by atoms with E-state index in [2.05, 4.69) is 36.8 Å². The molecule has 0 radical (unpaired) electrons. The minimum absolute atomic E-state index is 0.0451. The second-order valence-corrected chi connectivity index (χ2v) is 6.87. The molecule has 0 saturated heterocycles. The number of alkyl halides is 2. The molecule has 1 aromatic heterocycles. The van der Waals surface area contributed by atoms with Gasteiger partial charge in [0.1, 0.15) is 11.3 Å². The van der Waals surface area contributed by atoms with Crippen LogP contribution in [0.5, 0.6) is 0 Å². The number of pyridine rings is 1. The molecular formula is C9H5Br2FN2O3. The molecule has 2 heterocycles. The second-order valence-electron chi connectivity index (χ2n) is 3.42. The Balaban J connectivity index is 2.83. The number of amides is 1. The van der Waals surface area contributed by atoms with Gasteiger partial charge in [-0.2, -0.15) is 0 Å². The highest BCUT2D eigenvalue weighted by molar-refractivity contribution is 9.25. The quantitative estimate of drug-likeness (QED) is 0.769. The van der Waals surface area contributed by atoms with E-state index in [4.69, 9.17) is 5.11 Å². The van der Waals surface area contributed by atoms with Crippen LogP contribution in [-0.2, 0) is 8.03 Å². The number of carbonyl (C=O) groups excluding carboxylic acids is 1. The molecule has 0 unspecified atom stereocenters. The normalized spacial score (nSPS) is 17.2. The van der Waals surface area contributed by atoms with E-state index in [1.165, 1.54) is 7.05 Å². The van der Waals surface area contributed by atoms with Crippen LogP contribution in [0.2, 0.25) is 0 Å². The number of carboxylic acid groups (broad SMARTS) is 1. The first-order chi connectivity index (χ1) is 7.78. The van der Waals surface area contributed by atoms with Crippen LogP contribution >= 0.6 is 31.9 Å². The topological polar surface area (TPSA) is 70.5 Å². The molecule has 0 bridgehead atoms. The largest absolute Gasteiger partial charge is 0.478 e. The van der Waals surface area contributed by atoms with Crippen LogP contribution in [0.4, 0.5) is 10.1 Å². The highest BCUT2D eigenvalue weighted by Crippen LogP contribution is 2.50. The van der Waals surface area contributed by atoms with Crippen molar-refractivity contribution < 1.29 is 19.1 Å². The molecule has 0 aromatic carbocycles. The number of halogens is 3. The summed E-state index contributed by atoms with van der Waals surface area (Å²) in [5.74, 6) is -2.89. The maximum absolute atomic E-state index is 13.4. The maximum Gasteiger partial charge on any atom is 0.340 e. The van der Waals surface area contributed by atoms with E-state index < -0.39 is 26.5 Å². The van der Waals surface area contributed by atoms with Crippen LogP contribution in [-0.4, -0.2) is 29.0 Å². The van der Waals surface area contributed by atoms with Crippen LogP contribution in [0.25, 0.3) is 0 Å². The highest BCUT2D eigenvalue weighted by atomic mass is 79.9. The van der Waals surface area contributed by atoms with E-state index in [9.17, 15) is 14.0 Å². The van der Waals surface area contributed by atoms with Crippen LogP contribution in [0.1, 0.15) is 16.1 Å². The Bertz CT molecular complexity index is 547. The van der Waals surface area contributed by atoms with Crippen molar-refractivity contribution in [3.63, 3.8) is 0 Å². The fourth-order valence-corrected chi connectivity index (χ4v) is 2.76. The van der Waals surface area contributed by atoms with Gasteiger partial charge in [0.25, 0.3) is 5.91 Å². The molecule has 1 aromatic rings. The van der Waals surface area contributed by atoms with E-state index in [1.807, 2.05) is 0 Å². The van der Waals surface area contributed by atoms with Crippen molar-refractivity contribution in [3.05, 3.63) is 23.3 Å².